The number of ether oxygens (including phenoxy) is 2. The number of hydrogen-bond donors (Lipinski definition) is 2. The monoisotopic (exact) mass is 278 g/mol. The van der Waals surface area contributed by atoms with Crippen LogP contribution in [0.4, 0.5) is 0 Å². The van der Waals surface area contributed by atoms with Crippen LogP contribution < -0.4 is 20.1 Å². The third kappa shape index (κ3) is 3.22. The summed E-state index contributed by atoms with van der Waals surface area (Å²) in [6.07, 6.45) is 0.950. The van der Waals surface area contributed by atoms with Crippen molar-refractivity contribution < 1.29 is 14.3 Å². The zero-order valence-electron chi connectivity index (χ0n) is 12.2. The first-order valence-electron chi connectivity index (χ1n) is 6.89. The highest BCUT2D eigenvalue weighted by Crippen LogP contribution is 2.25. The minimum absolute atomic E-state index is 0.0942. The van der Waals surface area contributed by atoms with Crippen LogP contribution in [0.5, 0.6) is 11.5 Å². The Morgan fingerprint density at radius 1 is 1.35 bits per heavy atom. The van der Waals surface area contributed by atoms with Gasteiger partial charge in [0.05, 0.1) is 19.8 Å². The van der Waals surface area contributed by atoms with Crippen LogP contribution in [0.3, 0.4) is 0 Å². The van der Waals surface area contributed by atoms with Crippen LogP contribution >= 0.6 is 0 Å². The molecule has 2 unspecified atom stereocenters. The van der Waals surface area contributed by atoms with E-state index in [4.69, 9.17) is 9.47 Å². The van der Waals surface area contributed by atoms with E-state index >= 15 is 0 Å². The molecule has 0 aliphatic carbocycles. The molecular weight excluding hydrogens is 256 g/mol. The number of piperidine rings is 1. The number of methoxy groups -OCH3 is 2. The van der Waals surface area contributed by atoms with Gasteiger partial charge in [-0.2, -0.15) is 0 Å². The number of carbonyl (C=O) groups excluding carboxylic acids is 1. The molecule has 1 heterocycles. The van der Waals surface area contributed by atoms with Gasteiger partial charge in [-0.25, -0.2) is 0 Å². The van der Waals surface area contributed by atoms with Crippen molar-refractivity contribution in [2.45, 2.75) is 19.4 Å². The normalized spacial score (nSPS) is 22.1. The van der Waals surface area contributed by atoms with Gasteiger partial charge < -0.3 is 20.1 Å². The molecule has 0 bridgehead atoms. The molecule has 2 atom stereocenters. The topological polar surface area (TPSA) is 59.6 Å². The van der Waals surface area contributed by atoms with E-state index in [1.165, 1.54) is 0 Å². The number of amides is 1. The molecule has 1 aromatic rings. The summed E-state index contributed by atoms with van der Waals surface area (Å²) in [5.74, 6) is 1.54. The molecule has 1 aliphatic rings. The van der Waals surface area contributed by atoms with Crippen molar-refractivity contribution in [2.75, 3.05) is 27.3 Å². The van der Waals surface area contributed by atoms with E-state index in [-0.39, 0.29) is 11.9 Å². The molecular formula is C15H22N2O3. The molecule has 1 aromatic carbocycles. The smallest absolute Gasteiger partial charge is 0.255 e. The van der Waals surface area contributed by atoms with E-state index in [0.29, 0.717) is 23.0 Å². The fourth-order valence-electron chi connectivity index (χ4n) is 2.46. The summed E-state index contributed by atoms with van der Waals surface area (Å²) in [6.45, 7) is 4.02. The summed E-state index contributed by atoms with van der Waals surface area (Å²) < 4.78 is 10.4. The minimum atomic E-state index is -0.0942. The van der Waals surface area contributed by atoms with E-state index in [0.717, 1.165) is 19.5 Å². The second-order valence-corrected chi connectivity index (χ2v) is 5.12. The Hall–Kier alpha value is -1.75. The average molecular weight is 278 g/mol. The summed E-state index contributed by atoms with van der Waals surface area (Å²) in [7, 11) is 3.14. The molecule has 0 aromatic heterocycles. The summed E-state index contributed by atoms with van der Waals surface area (Å²) in [6, 6.07) is 5.43. The zero-order chi connectivity index (χ0) is 14.5. The minimum Gasteiger partial charge on any atom is -0.497 e. The maximum Gasteiger partial charge on any atom is 0.255 e. The molecule has 2 rings (SSSR count). The number of carbonyl (C=O) groups is 1. The highest BCUT2D eigenvalue weighted by atomic mass is 16.5. The van der Waals surface area contributed by atoms with Gasteiger partial charge >= 0.3 is 0 Å². The van der Waals surface area contributed by atoms with Crippen molar-refractivity contribution in [1.82, 2.24) is 10.6 Å². The van der Waals surface area contributed by atoms with Crippen LogP contribution in [0.2, 0.25) is 0 Å². The van der Waals surface area contributed by atoms with Crippen LogP contribution in [-0.4, -0.2) is 39.3 Å². The Labute approximate surface area is 119 Å². The van der Waals surface area contributed by atoms with Crippen molar-refractivity contribution in [3.8, 4) is 11.5 Å². The largest absolute Gasteiger partial charge is 0.497 e. The quantitative estimate of drug-likeness (QED) is 0.875. The molecule has 0 radical (unpaired) electrons. The van der Waals surface area contributed by atoms with E-state index in [9.17, 15) is 4.79 Å². The van der Waals surface area contributed by atoms with Gasteiger partial charge in [0.15, 0.2) is 0 Å². The predicted molar refractivity (Wildman–Crippen MR) is 77.5 cm³/mol. The molecule has 1 fully saturated rings. The highest BCUT2D eigenvalue weighted by molar-refractivity contribution is 5.97. The van der Waals surface area contributed by atoms with Gasteiger partial charge in [-0.15, -0.1) is 0 Å². The van der Waals surface area contributed by atoms with E-state index < -0.39 is 0 Å². The maximum absolute atomic E-state index is 12.4. The number of benzene rings is 1. The second kappa shape index (κ2) is 6.61. The first-order valence-corrected chi connectivity index (χ1v) is 6.89. The summed E-state index contributed by atoms with van der Waals surface area (Å²) in [5.41, 5.74) is 0.541. The molecule has 5 nitrogen and oxygen atoms in total. The Morgan fingerprint density at radius 3 is 2.80 bits per heavy atom. The molecule has 0 saturated carbocycles. The number of hydrogen-bond acceptors (Lipinski definition) is 4. The lowest BCUT2D eigenvalue weighted by atomic mass is 9.95. The number of rotatable bonds is 4. The molecule has 0 spiro atoms. The lowest BCUT2D eigenvalue weighted by Crippen LogP contribution is -2.48. The molecule has 1 amide bonds. The molecule has 110 valence electrons. The van der Waals surface area contributed by atoms with Crippen molar-refractivity contribution >= 4 is 5.91 Å². The third-order valence-corrected chi connectivity index (χ3v) is 3.76. The first kappa shape index (κ1) is 14.7. The van der Waals surface area contributed by atoms with Gasteiger partial charge in [-0.1, -0.05) is 6.92 Å². The molecule has 2 N–H and O–H groups in total. The Morgan fingerprint density at radius 2 is 2.15 bits per heavy atom. The predicted octanol–water partition coefficient (Wildman–Crippen LogP) is 1.43. The second-order valence-electron chi connectivity index (χ2n) is 5.12. The standard InChI is InChI=1S/C15H22N2O3/c1-10-9-16-7-6-13(10)17-15(18)12-5-4-11(19-2)8-14(12)20-3/h4-5,8,10,13,16H,6-7,9H2,1-3H3,(H,17,18). The number of nitrogens with one attached hydrogen (secondary N) is 2. The Kier molecular flexibility index (Phi) is 4.84. The fraction of sp³-hybridized carbons (Fsp3) is 0.533. The average Bonchev–Trinajstić information content (AvgIpc) is 2.48. The first-order chi connectivity index (χ1) is 9.65. The summed E-state index contributed by atoms with van der Waals surface area (Å²) in [5, 5.41) is 6.42. The molecule has 20 heavy (non-hydrogen) atoms. The van der Waals surface area contributed by atoms with Crippen molar-refractivity contribution in [2.24, 2.45) is 5.92 Å². The fourth-order valence-corrected chi connectivity index (χ4v) is 2.46. The molecule has 1 aliphatic heterocycles. The van der Waals surface area contributed by atoms with E-state index in [2.05, 4.69) is 17.6 Å². The van der Waals surface area contributed by atoms with Gasteiger partial charge in [0.1, 0.15) is 11.5 Å². The van der Waals surface area contributed by atoms with Crippen LogP contribution in [-0.2, 0) is 0 Å². The van der Waals surface area contributed by atoms with Crippen molar-refractivity contribution in [1.29, 1.82) is 0 Å². The van der Waals surface area contributed by atoms with Gasteiger partial charge in [0.25, 0.3) is 5.91 Å². The van der Waals surface area contributed by atoms with Crippen LogP contribution in [0, 0.1) is 5.92 Å². The van der Waals surface area contributed by atoms with Crippen LogP contribution in [0.1, 0.15) is 23.7 Å². The van der Waals surface area contributed by atoms with Crippen molar-refractivity contribution in [3.05, 3.63) is 23.8 Å². The Bertz CT molecular complexity index is 476. The van der Waals surface area contributed by atoms with E-state index in [1.807, 2.05) is 0 Å². The molecule has 5 heteroatoms. The highest BCUT2D eigenvalue weighted by Gasteiger charge is 2.24. The molecule has 1 saturated heterocycles. The lowest BCUT2D eigenvalue weighted by molar-refractivity contribution is 0.0911. The van der Waals surface area contributed by atoms with Crippen molar-refractivity contribution in [3.63, 3.8) is 0 Å². The maximum atomic E-state index is 12.4. The van der Waals surface area contributed by atoms with Gasteiger partial charge in [-0.3, -0.25) is 4.79 Å². The van der Waals surface area contributed by atoms with Gasteiger partial charge in [0, 0.05) is 12.1 Å². The summed E-state index contributed by atoms with van der Waals surface area (Å²) in [4.78, 5) is 12.4. The van der Waals surface area contributed by atoms with Crippen LogP contribution in [0.15, 0.2) is 18.2 Å². The van der Waals surface area contributed by atoms with Gasteiger partial charge in [0.2, 0.25) is 0 Å². The van der Waals surface area contributed by atoms with E-state index in [1.54, 1.807) is 32.4 Å². The zero-order valence-corrected chi connectivity index (χ0v) is 12.2. The third-order valence-electron chi connectivity index (χ3n) is 3.76. The Balaban J connectivity index is 2.12. The SMILES string of the molecule is COc1ccc(C(=O)NC2CCNCC2C)c(OC)c1. The lowest BCUT2D eigenvalue weighted by Gasteiger charge is -2.30. The van der Waals surface area contributed by atoms with Crippen LogP contribution in [0.25, 0.3) is 0 Å². The van der Waals surface area contributed by atoms with Gasteiger partial charge in [-0.05, 0) is 37.6 Å². The summed E-state index contributed by atoms with van der Waals surface area (Å²) >= 11 is 0.